The van der Waals surface area contributed by atoms with E-state index >= 15 is 0 Å². The molecule has 88 heavy (non-hydrogen) atoms. The Morgan fingerprint density at radius 1 is 0.261 bits per heavy atom. The van der Waals surface area contributed by atoms with E-state index in [2.05, 4.69) is 197 Å². The summed E-state index contributed by atoms with van der Waals surface area (Å²) < 4.78 is 4.67. The summed E-state index contributed by atoms with van der Waals surface area (Å²) in [5, 5.41) is 14.9. The lowest BCUT2D eigenvalue weighted by molar-refractivity contribution is 1.06. The molecule has 7 aromatic heterocycles. The van der Waals surface area contributed by atoms with Crippen molar-refractivity contribution in [2.24, 2.45) is 0 Å². The molecule has 0 saturated carbocycles. The quantitative estimate of drug-likeness (QED) is 0.128. The van der Waals surface area contributed by atoms with Gasteiger partial charge >= 0.3 is 0 Å². The van der Waals surface area contributed by atoms with Gasteiger partial charge in [0.2, 0.25) is 0 Å². The van der Waals surface area contributed by atoms with Gasteiger partial charge < -0.3 is 4.57 Å². The summed E-state index contributed by atoms with van der Waals surface area (Å²) in [4.78, 5) is 24.8. The van der Waals surface area contributed by atoms with Gasteiger partial charge in [-0.05, 0) is 141 Å². The van der Waals surface area contributed by atoms with Crippen molar-refractivity contribution in [2.75, 3.05) is 0 Å². The first-order valence-corrected chi connectivity index (χ1v) is 29.3. The van der Waals surface area contributed by atoms with E-state index in [9.17, 15) is 5.26 Å². The predicted octanol–water partition coefficient (Wildman–Crippen LogP) is 19.7. The third kappa shape index (κ3) is 9.33. The van der Waals surface area contributed by atoms with Crippen molar-refractivity contribution in [3.63, 3.8) is 0 Å². The number of hydrogen-bond donors (Lipinski definition) is 0. The second-order valence-corrected chi connectivity index (χ2v) is 22.0. The molecule has 8 nitrogen and oxygen atoms in total. The fourth-order valence-corrected chi connectivity index (χ4v) is 12.5. The van der Waals surface area contributed by atoms with Crippen LogP contribution in [0.2, 0.25) is 0 Å². The molecule has 0 N–H and O–H groups in total. The smallest absolute Gasteiger partial charge is 0.138 e. The second-order valence-electron chi connectivity index (χ2n) is 22.0. The van der Waals surface area contributed by atoms with Crippen LogP contribution in [-0.2, 0) is 0 Å². The molecule has 0 aliphatic rings. The molecule has 9 aromatic carbocycles. The average molecular weight is 1120 g/mol. The molecule has 0 atom stereocenters. The highest BCUT2D eigenvalue weighted by atomic mass is 15.1. The molecule has 7 heterocycles. The molecule has 8 heteroatoms. The minimum absolute atomic E-state index is 0.554. The number of pyridine rings is 5. The first-order chi connectivity index (χ1) is 43.5. The van der Waals surface area contributed by atoms with Crippen LogP contribution in [0.3, 0.4) is 0 Å². The van der Waals surface area contributed by atoms with Crippen LogP contribution < -0.4 is 0 Å². The Bertz CT molecular complexity index is 5110. The van der Waals surface area contributed by atoms with Crippen molar-refractivity contribution in [1.82, 2.24) is 34.1 Å². The minimum atomic E-state index is 0.554. The lowest BCUT2D eigenvalue weighted by atomic mass is 10.0. The fourth-order valence-electron chi connectivity index (χ4n) is 12.5. The average Bonchev–Trinajstić information content (AvgIpc) is 2.34. The summed E-state index contributed by atoms with van der Waals surface area (Å²) in [6, 6.07) is 97.8. The van der Waals surface area contributed by atoms with Gasteiger partial charge in [-0.15, -0.1) is 0 Å². The maximum Gasteiger partial charge on any atom is 0.138 e. The van der Waals surface area contributed by atoms with Gasteiger partial charge in [0.05, 0.1) is 68.4 Å². The van der Waals surface area contributed by atoms with Gasteiger partial charge in [0.1, 0.15) is 5.82 Å². The molecule has 0 saturated heterocycles. The number of benzene rings is 9. The zero-order valence-corrected chi connectivity index (χ0v) is 47.4. The highest BCUT2D eigenvalue weighted by molar-refractivity contribution is 6.13. The Kier molecular flexibility index (Phi) is 12.7. The molecule has 0 unspecified atom stereocenters. The van der Waals surface area contributed by atoms with E-state index in [1.54, 1.807) is 0 Å². The maximum atomic E-state index is 10.6. The van der Waals surface area contributed by atoms with Crippen molar-refractivity contribution in [3.05, 3.63) is 310 Å². The number of hydrogen-bond acceptors (Lipinski definition) is 6. The van der Waals surface area contributed by atoms with Crippen molar-refractivity contribution >= 4 is 43.6 Å². The minimum Gasteiger partial charge on any atom is -0.307 e. The van der Waals surface area contributed by atoms with Crippen LogP contribution >= 0.6 is 0 Å². The molecule has 0 aliphatic heterocycles. The Hall–Kier alpha value is -12.2. The van der Waals surface area contributed by atoms with Gasteiger partial charge in [0.25, 0.3) is 0 Å². The standard InChI is InChI=1S/C80H50N8/c81-50-52-14-13-23-65(40-52)70-49-80(88-77-47-59(63-34-38-84-73(43-63)55-19-9-3-10-20-55)26-30-68(77)69-31-27-60(48-78(69)88)64-35-39-85-74(44-64)56-21-11-4-12-22-56)86-51-79(70)87-75-45-57(61-32-36-82-71(41-61)53-15-5-1-6-16-53)24-28-66(75)67-29-25-58(46-76(67)87)62-33-37-83-72(42-62)54-17-7-2-8-18-54/h1-49,51H. The van der Waals surface area contributed by atoms with Crippen molar-refractivity contribution < 1.29 is 0 Å². The number of aromatic nitrogens is 7. The molecule has 0 spiro atoms. The highest BCUT2D eigenvalue weighted by Gasteiger charge is 2.23. The van der Waals surface area contributed by atoms with Crippen molar-refractivity contribution in [1.29, 1.82) is 5.26 Å². The van der Waals surface area contributed by atoms with E-state index in [1.807, 2.05) is 122 Å². The van der Waals surface area contributed by atoms with E-state index in [0.29, 0.717) is 11.4 Å². The highest BCUT2D eigenvalue weighted by Crippen LogP contribution is 2.43. The Balaban J connectivity index is 0.946. The van der Waals surface area contributed by atoms with Crippen LogP contribution in [0.4, 0.5) is 0 Å². The van der Waals surface area contributed by atoms with Gasteiger partial charge in [0, 0.05) is 74.1 Å². The Morgan fingerprint density at radius 2 is 0.591 bits per heavy atom. The van der Waals surface area contributed by atoms with E-state index in [0.717, 1.165) is 150 Å². The topological polar surface area (TPSA) is 98.1 Å². The van der Waals surface area contributed by atoms with Crippen LogP contribution in [0.5, 0.6) is 0 Å². The van der Waals surface area contributed by atoms with Gasteiger partial charge in [-0.2, -0.15) is 5.26 Å². The van der Waals surface area contributed by atoms with Crippen molar-refractivity contribution in [2.45, 2.75) is 0 Å². The third-order valence-electron chi connectivity index (χ3n) is 16.8. The van der Waals surface area contributed by atoms with E-state index in [4.69, 9.17) is 24.9 Å². The zero-order chi connectivity index (χ0) is 58.5. The molecular weight excluding hydrogens is 1070 g/mol. The Morgan fingerprint density at radius 3 is 0.943 bits per heavy atom. The first-order valence-electron chi connectivity index (χ1n) is 29.3. The predicted molar refractivity (Wildman–Crippen MR) is 358 cm³/mol. The lowest BCUT2D eigenvalue weighted by Crippen LogP contribution is -2.04. The monoisotopic (exact) mass is 1120 g/mol. The molecule has 410 valence electrons. The maximum absolute atomic E-state index is 10.6. The van der Waals surface area contributed by atoms with Gasteiger partial charge in [-0.3, -0.25) is 24.5 Å². The van der Waals surface area contributed by atoms with Crippen LogP contribution in [0.25, 0.3) is 156 Å². The zero-order valence-electron chi connectivity index (χ0n) is 47.4. The van der Waals surface area contributed by atoms with Crippen LogP contribution in [0, 0.1) is 11.3 Å². The summed E-state index contributed by atoms with van der Waals surface area (Å²) in [5.74, 6) is 0.715. The lowest BCUT2D eigenvalue weighted by Gasteiger charge is -2.17. The van der Waals surface area contributed by atoms with Crippen LogP contribution in [0.1, 0.15) is 5.56 Å². The molecule has 0 fully saturated rings. The summed E-state index contributed by atoms with van der Waals surface area (Å²) in [5.41, 5.74) is 23.3. The van der Waals surface area contributed by atoms with E-state index in [-0.39, 0.29) is 0 Å². The molecule has 0 aliphatic carbocycles. The van der Waals surface area contributed by atoms with E-state index < -0.39 is 0 Å². The molecule has 0 bridgehead atoms. The summed E-state index contributed by atoms with van der Waals surface area (Å²) in [7, 11) is 0. The van der Waals surface area contributed by atoms with Gasteiger partial charge in [-0.1, -0.05) is 182 Å². The van der Waals surface area contributed by atoms with Gasteiger partial charge in [0.15, 0.2) is 0 Å². The summed E-state index contributed by atoms with van der Waals surface area (Å²) in [6.07, 6.45) is 9.59. The number of fused-ring (bicyclic) bond motifs is 6. The SMILES string of the molecule is N#Cc1cccc(-c2cc(-n3c4cc(-c5ccnc(-c6ccccc6)c5)ccc4c4ccc(-c5ccnc(-c6ccccc6)c5)cc43)ncc2-n2c3cc(-c4ccnc(-c5ccccc5)c4)ccc3c3ccc(-c4ccnc(-c5ccccc5)c4)cc32)c1. The first kappa shape index (κ1) is 51.5. The van der Waals surface area contributed by atoms with E-state index in [1.165, 1.54) is 0 Å². The van der Waals surface area contributed by atoms with Crippen LogP contribution in [0.15, 0.2) is 304 Å². The Labute approximate surface area is 507 Å². The number of nitriles is 1. The van der Waals surface area contributed by atoms with Crippen molar-refractivity contribution in [3.8, 4) is 118 Å². The summed E-state index contributed by atoms with van der Waals surface area (Å²) in [6.45, 7) is 0. The molecule has 0 amide bonds. The molecule has 0 radical (unpaired) electrons. The van der Waals surface area contributed by atoms with Crippen LogP contribution in [-0.4, -0.2) is 34.1 Å². The molecular formula is C80H50N8. The van der Waals surface area contributed by atoms with Gasteiger partial charge in [-0.25, -0.2) is 4.98 Å². The summed E-state index contributed by atoms with van der Waals surface area (Å²) >= 11 is 0. The normalized spacial score (nSPS) is 11.4. The third-order valence-corrected chi connectivity index (χ3v) is 16.8. The second kappa shape index (κ2) is 21.8. The fraction of sp³-hybridized carbons (Fsp3) is 0. The number of rotatable bonds is 11. The molecule has 16 aromatic rings. The number of nitrogens with zero attached hydrogens (tertiary/aromatic N) is 8. The molecule has 16 rings (SSSR count). The largest absolute Gasteiger partial charge is 0.307 e.